The maximum absolute atomic E-state index is 14.6. The first-order chi connectivity index (χ1) is 16.7. The van der Waals surface area contributed by atoms with E-state index in [9.17, 15) is 18.7 Å². The SMILES string of the molecule is COCCCCc1c(C(=O)N(CC(C)C)[C@@H]2CNC[C@H](C(C)O)C2)nnn1-c1cccc(F)c1F. The van der Waals surface area contributed by atoms with Crippen LogP contribution in [0.4, 0.5) is 8.78 Å². The van der Waals surface area contributed by atoms with Gasteiger partial charge in [0, 0.05) is 39.4 Å². The Balaban J connectivity index is 1.98. The number of nitrogens with zero attached hydrogens (tertiary/aromatic N) is 4. The number of aliphatic hydroxyl groups excluding tert-OH is 1. The molecule has 1 fully saturated rings. The number of aromatic nitrogens is 3. The molecule has 8 nitrogen and oxygen atoms in total. The summed E-state index contributed by atoms with van der Waals surface area (Å²) in [7, 11) is 1.62. The van der Waals surface area contributed by atoms with Gasteiger partial charge in [-0.15, -0.1) is 5.10 Å². The second-order valence-electron chi connectivity index (χ2n) is 9.72. The molecular weight excluding hydrogens is 456 g/mol. The lowest BCUT2D eigenvalue weighted by Gasteiger charge is -2.39. The molecule has 0 saturated carbocycles. The molecule has 3 atom stereocenters. The fraction of sp³-hybridized carbons (Fsp3) is 0.640. The molecule has 1 aromatic carbocycles. The second kappa shape index (κ2) is 12.5. The van der Waals surface area contributed by atoms with Crippen LogP contribution < -0.4 is 5.32 Å². The normalized spacial score (nSPS) is 19.2. The molecule has 194 valence electrons. The minimum atomic E-state index is -1.04. The molecule has 2 N–H and O–H groups in total. The van der Waals surface area contributed by atoms with Crippen molar-refractivity contribution in [2.45, 2.75) is 58.6 Å². The van der Waals surface area contributed by atoms with Crippen molar-refractivity contribution in [3.63, 3.8) is 0 Å². The lowest BCUT2D eigenvalue weighted by Crippen LogP contribution is -2.54. The van der Waals surface area contributed by atoms with Crippen LogP contribution in [0.5, 0.6) is 0 Å². The van der Waals surface area contributed by atoms with E-state index in [-0.39, 0.29) is 35.2 Å². The Bertz CT molecular complexity index is 982. The molecule has 2 heterocycles. The highest BCUT2D eigenvalue weighted by molar-refractivity contribution is 5.93. The molecule has 35 heavy (non-hydrogen) atoms. The third kappa shape index (κ3) is 6.62. The van der Waals surface area contributed by atoms with E-state index in [0.717, 1.165) is 12.5 Å². The van der Waals surface area contributed by atoms with E-state index in [1.165, 1.54) is 16.8 Å². The van der Waals surface area contributed by atoms with Crippen molar-refractivity contribution in [3.8, 4) is 5.69 Å². The summed E-state index contributed by atoms with van der Waals surface area (Å²) in [5.41, 5.74) is 0.508. The number of hydrogen-bond donors (Lipinski definition) is 2. The highest BCUT2D eigenvalue weighted by atomic mass is 19.2. The first-order valence-corrected chi connectivity index (χ1v) is 12.3. The van der Waals surface area contributed by atoms with Crippen LogP contribution in [0.2, 0.25) is 0 Å². The molecule has 1 unspecified atom stereocenters. The Morgan fingerprint density at radius 1 is 1.29 bits per heavy atom. The van der Waals surface area contributed by atoms with Crippen LogP contribution in [0.1, 0.15) is 56.2 Å². The Morgan fingerprint density at radius 2 is 2.06 bits per heavy atom. The van der Waals surface area contributed by atoms with Gasteiger partial charge < -0.3 is 20.1 Å². The maximum atomic E-state index is 14.6. The first kappa shape index (κ1) is 27.2. The van der Waals surface area contributed by atoms with Crippen LogP contribution in [-0.4, -0.2) is 76.4 Å². The van der Waals surface area contributed by atoms with Crippen LogP contribution in [-0.2, 0) is 11.2 Å². The summed E-state index contributed by atoms with van der Waals surface area (Å²) < 4.78 is 35.0. The Labute approximate surface area is 205 Å². The predicted molar refractivity (Wildman–Crippen MR) is 128 cm³/mol. The minimum absolute atomic E-state index is 0.0294. The summed E-state index contributed by atoms with van der Waals surface area (Å²) in [6.45, 7) is 8.19. The van der Waals surface area contributed by atoms with Gasteiger partial charge >= 0.3 is 0 Å². The molecule has 0 aliphatic carbocycles. The number of ether oxygens (including phenoxy) is 1. The van der Waals surface area contributed by atoms with Gasteiger partial charge in [0.25, 0.3) is 5.91 Å². The Kier molecular flexibility index (Phi) is 9.71. The number of hydrogen-bond acceptors (Lipinski definition) is 6. The van der Waals surface area contributed by atoms with Gasteiger partial charge in [-0.1, -0.05) is 25.1 Å². The summed E-state index contributed by atoms with van der Waals surface area (Å²) in [6, 6.07) is 3.74. The molecule has 0 radical (unpaired) electrons. The third-order valence-corrected chi connectivity index (χ3v) is 6.44. The molecule has 1 amide bonds. The summed E-state index contributed by atoms with van der Waals surface area (Å²) in [6.07, 6.45) is 1.98. The van der Waals surface area contributed by atoms with E-state index in [4.69, 9.17) is 4.74 Å². The van der Waals surface area contributed by atoms with Crippen molar-refractivity contribution in [3.05, 3.63) is 41.2 Å². The van der Waals surface area contributed by atoms with E-state index in [1.54, 1.807) is 18.9 Å². The lowest BCUT2D eigenvalue weighted by atomic mass is 9.90. The van der Waals surface area contributed by atoms with Gasteiger partial charge in [0.2, 0.25) is 0 Å². The van der Waals surface area contributed by atoms with Crippen LogP contribution in [0.3, 0.4) is 0 Å². The summed E-state index contributed by atoms with van der Waals surface area (Å²) in [5, 5.41) is 21.7. The molecule has 1 aliphatic rings. The molecule has 1 saturated heterocycles. The molecule has 2 aromatic rings. The van der Waals surface area contributed by atoms with Crippen molar-refractivity contribution in [2.24, 2.45) is 11.8 Å². The van der Waals surface area contributed by atoms with Gasteiger partial charge in [0.05, 0.1) is 11.8 Å². The van der Waals surface area contributed by atoms with Gasteiger partial charge in [-0.2, -0.15) is 0 Å². The Hall–Kier alpha value is -2.43. The highest BCUT2D eigenvalue weighted by Gasteiger charge is 2.35. The number of nitrogens with one attached hydrogen (secondary N) is 1. The summed E-state index contributed by atoms with van der Waals surface area (Å²) in [5.74, 6) is -2.09. The number of halogens is 2. The molecule has 1 aliphatic heterocycles. The standard InChI is InChI=1S/C25H37F2N5O3/c1-16(2)15-31(19-12-18(17(3)33)13-28-14-19)25(34)24-22(9-5-6-11-35-4)32(30-29-24)21-10-7-8-20(26)23(21)27/h7-8,10,16-19,28,33H,5-6,9,11-15H2,1-4H3/t17?,18-,19+/m1/s1. The molecular formula is C25H37F2N5O3. The van der Waals surface area contributed by atoms with Crippen LogP contribution in [0.15, 0.2) is 18.2 Å². The van der Waals surface area contributed by atoms with Gasteiger partial charge in [0.15, 0.2) is 17.3 Å². The van der Waals surface area contributed by atoms with E-state index in [1.807, 2.05) is 13.8 Å². The Morgan fingerprint density at radius 3 is 2.74 bits per heavy atom. The second-order valence-corrected chi connectivity index (χ2v) is 9.72. The topological polar surface area (TPSA) is 92.5 Å². The third-order valence-electron chi connectivity index (χ3n) is 6.44. The molecule has 0 spiro atoms. The van der Waals surface area contributed by atoms with Gasteiger partial charge in [-0.05, 0) is 56.6 Å². The van der Waals surface area contributed by atoms with Gasteiger partial charge in [-0.25, -0.2) is 13.5 Å². The fourth-order valence-electron chi connectivity index (χ4n) is 4.56. The van der Waals surface area contributed by atoms with E-state index >= 15 is 0 Å². The smallest absolute Gasteiger partial charge is 0.276 e. The average molecular weight is 494 g/mol. The predicted octanol–water partition coefficient (Wildman–Crippen LogP) is 2.97. The number of unbranched alkanes of at least 4 members (excludes halogenated alkanes) is 1. The lowest BCUT2D eigenvalue weighted by molar-refractivity contribution is 0.0443. The van der Waals surface area contributed by atoms with Crippen LogP contribution in [0.25, 0.3) is 5.69 Å². The average Bonchev–Trinajstić information content (AvgIpc) is 3.25. The minimum Gasteiger partial charge on any atom is -0.393 e. The number of piperidine rings is 1. The zero-order chi connectivity index (χ0) is 25.5. The fourth-order valence-corrected chi connectivity index (χ4v) is 4.56. The van der Waals surface area contributed by atoms with Crippen LogP contribution >= 0.6 is 0 Å². The highest BCUT2D eigenvalue weighted by Crippen LogP contribution is 2.25. The van der Waals surface area contributed by atoms with E-state index in [2.05, 4.69) is 15.6 Å². The van der Waals surface area contributed by atoms with E-state index in [0.29, 0.717) is 51.2 Å². The summed E-state index contributed by atoms with van der Waals surface area (Å²) >= 11 is 0. The number of benzene rings is 1. The van der Waals surface area contributed by atoms with Crippen molar-refractivity contribution in [1.29, 1.82) is 0 Å². The number of methoxy groups -OCH3 is 1. The number of carbonyl (C=O) groups excluding carboxylic acids is 1. The van der Waals surface area contributed by atoms with Crippen molar-refractivity contribution < 1.29 is 23.4 Å². The van der Waals surface area contributed by atoms with Crippen molar-refractivity contribution in [2.75, 3.05) is 33.4 Å². The maximum Gasteiger partial charge on any atom is 0.276 e. The monoisotopic (exact) mass is 493 g/mol. The van der Waals surface area contributed by atoms with Crippen molar-refractivity contribution in [1.82, 2.24) is 25.2 Å². The van der Waals surface area contributed by atoms with Gasteiger partial charge in [0.1, 0.15) is 5.69 Å². The van der Waals surface area contributed by atoms with Gasteiger partial charge in [-0.3, -0.25) is 4.79 Å². The molecule has 10 heteroatoms. The number of rotatable bonds is 11. The molecule has 3 rings (SSSR count). The zero-order valence-electron chi connectivity index (χ0n) is 21.0. The van der Waals surface area contributed by atoms with Crippen LogP contribution in [0, 0.1) is 23.5 Å². The molecule has 0 bridgehead atoms. The largest absolute Gasteiger partial charge is 0.393 e. The van der Waals surface area contributed by atoms with E-state index < -0.39 is 17.7 Å². The number of amides is 1. The quantitative estimate of drug-likeness (QED) is 0.468. The zero-order valence-corrected chi connectivity index (χ0v) is 21.0. The number of carbonyl (C=O) groups is 1. The number of aliphatic hydroxyl groups is 1. The first-order valence-electron chi connectivity index (χ1n) is 12.3. The summed E-state index contributed by atoms with van der Waals surface area (Å²) in [4.78, 5) is 15.7. The molecule has 1 aromatic heterocycles. The van der Waals surface area contributed by atoms with Crippen molar-refractivity contribution >= 4 is 5.91 Å².